The summed E-state index contributed by atoms with van der Waals surface area (Å²) in [6.07, 6.45) is 5.15. The van der Waals surface area contributed by atoms with Gasteiger partial charge in [0, 0.05) is 6.20 Å². The molecular weight excluding hydrogens is 368 g/mol. The van der Waals surface area contributed by atoms with Crippen LogP contribution >= 0.6 is 11.8 Å². The van der Waals surface area contributed by atoms with Gasteiger partial charge >= 0.3 is 0 Å². The number of nitrogens with zero attached hydrogens (tertiary/aromatic N) is 3. The number of hydrogen-bond acceptors (Lipinski definition) is 4. The predicted molar refractivity (Wildman–Crippen MR) is 115 cm³/mol. The molecule has 2 heterocycles. The minimum atomic E-state index is -0.174. The minimum absolute atomic E-state index is 0.00450. The van der Waals surface area contributed by atoms with Crippen LogP contribution in [0.5, 0.6) is 0 Å². The van der Waals surface area contributed by atoms with E-state index in [9.17, 15) is 4.79 Å². The van der Waals surface area contributed by atoms with Crippen LogP contribution in [0.15, 0.2) is 66.9 Å². The largest absolute Gasteiger partial charge is 0.346 e. The second-order valence-electron chi connectivity index (χ2n) is 6.70. The fourth-order valence-electron chi connectivity index (χ4n) is 3.46. The van der Waals surface area contributed by atoms with E-state index in [1.165, 1.54) is 0 Å². The Hall–Kier alpha value is -2.86. The summed E-state index contributed by atoms with van der Waals surface area (Å²) in [6.45, 7) is 0. The van der Waals surface area contributed by atoms with Crippen LogP contribution in [0, 0.1) is 0 Å². The van der Waals surface area contributed by atoms with E-state index in [0.717, 1.165) is 40.0 Å². The molecule has 1 N–H and O–H groups in total. The normalized spacial score (nSPS) is 12.3. The van der Waals surface area contributed by atoms with Gasteiger partial charge in [0.2, 0.25) is 5.91 Å². The molecule has 0 aliphatic rings. The molecule has 142 valence electrons. The average molecular weight is 391 g/mol. The Bertz CT molecular complexity index is 1100. The van der Waals surface area contributed by atoms with Gasteiger partial charge in [-0.3, -0.25) is 9.20 Å². The zero-order valence-electron chi connectivity index (χ0n) is 15.7. The molecule has 0 spiro atoms. The molecule has 0 radical (unpaired) electrons. The van der Waals surface area contributed by atoms with Crippen LogP contribution in [0.2, 0.25) is 0 Å². The van der Waals surface area contributed by atoms with E-state index in [0.29, 0.717) is 6.42 Å². The summed E-state index contributed by atoms with van der Waals surface area (Å²) in [7, 11) is 0. The molecule has 2 aromatic heterocycles. The maximum atomic E-state index is 12.9. The molecule has 4 rings (SSSR count). The molecule has 0 aliphatic carbocycles. The summed E-state index contributed by atoms with van der Waals surface area (Å²) >= 11 is 1.76. The Kier molecular flexibility index (Phi) is 5.58. The number of carbonyl (C=O) groups excluding carboxylic acids is 1. The lowest BCUT2D eigenvalue weighted by molar-refractivity contribution is -0.121. The van der Waals surface area contributed by atoms with E-state index >= 15 is 0 Å². The molecule has 28 heavy (non-hydrogen) atoms. The first-order valence-electron chi connectivity index (χ1n) is 9.31. The van der Waals surface area contributed by atoms with Gasteiger partial charge in [0.15, 0.2) is 11.5 Å². The molecule has 0 fully saturated rings. The topological polar surface area (TPSA) is 59.3 Å². The number of fused-ring (bicyclic) bond motifs is 2. The van der Waals surface area contributed by atoms with Crippen LogP contribution in [0.1, 0.15) is 23.9 Å². The van der Waals surface area contributed by atoms with Gasteiger partial charge in [0.1, 0.15) is 0 Å². The van der Waals surface area contributed by atoms with Crippen molar-refractivity contribution < 1.29 is 4.79 Å². The Morgan fingerprint density at radius 3 is 2.79 bits per heavy atom. The molecule has 1 amide bonds. The van der Waals surface area contributed by atoms with Crippen molar-refractivity contribution in [2.24, 2.45) is 0 Å². The van der Waals surface area contributed by atoms with Crippen LogP contribution in [0.4, 0.5) is 0 Å². The fraction of sp³-hybridized carbons (Fsp3) is 0.227. The van der Waals surface area contributed by atoms with Crippen molar-refractivity contribution in [3.05, 3.63) is 78.2 Å². The third-order valence-electron chi connectivity index (χ3n) is 4.83. The molecule has 0 aliphatic heterocycles. The highest BCUT2D eigenvalue weighted by atomic mass is 32.2. The lowest BCUT2D eigenvalue weighted by Gasteiger charge is -2.17. The van der Waals surface area contributed by atoms with Crippen molar-refractivity contribution in [3.8, 4) is 0 Å². The highest BCUT2D eigenvalue weighted by Gasteiger charge is 2.20. The third-order valence-corrected chi connectivity index (χ3v) is 5.47. The number of rotatable bonds is 7. The number of carbonyl (C=O) groups is 1. The molecule has 1 unspecified atom stereocenters. The predicted octanol–water partition coefficient (Wildman–Crippen LogP) is 4.04. The number of nitrogens with one attached hydrogen (secondary N) is 1. The monoisotopic (exact) mass is 390 g/mol. The van der Waals surface area contributed by atoms with Gasteiger partial charge in [-0.05, 0) is 46.9 Å². The second-order valence-corrected chi connectivity index (χ2v) is 7.69. The van der Waals surface area contributed by atoms with Gasteiger partial charge in [0.25, 0.3) is 0 Å². The lowest BCUT2D eigenvalue weighted by Crippen LogP contribution is -2.31. The quantitative estimate of drug-likeness (QED) is 0.517. The van der Waals surface area contributed by atoms with E-state index in [4.69, 9.17) is 0 Å². The van der Waals surface area contributed by atoms with Crippen LogP contribution in [-0.2, 0) is 11.2 Å². The van der Waals surface area contributed by atoms with Crippen molar-refractivity contribution in [1.82, 2.24) is 19.9 Å². The molecule has 0 saturated heterocycles. The van der Waals surface area contributed by atoms with Gasteiger partial charge < -0.3 is 5.32 Å². The Balaban J connectivity index is 1.57. The maximum Gasteiger partial charge on any atom is 0.225 e. The van der Waals surface area contributed by atoms with Crippen LogP contribution in [-0.4, -0.2) is 32.5 Å². The lowest BCUT2D eigenvalue weighted by atomic mass is 10.0. The first kappa shape index (κ1) is 18.5. The summed E-state index contributed by atoms with van der Waals surface area (Å²) in [5, 5.41) is 14.0. The van der Waals surface area contributed by atoms with Gasteiger partial charge in [-0.1, -0.05) is 48.5 Å². The van der Waals surface area contributed by atoms with E-state index in [2.05, 4.69) is 40.0 Å². The molecule has 4 aromatic rings. The maximum absolute atomic E-state index is 12.9. The second kappa shape index (κ2) is 8.44. The first-order chi connectivity index (χ1) is 13.8. The van der Waals surface area contributed by atoms with E-state index in [1.807, 2.05) is 53.1 Å². The summed E-state index contributed by atoms with van der Waals surface area (Å²) in [4.78, 5) is 12.9. The Morgan fingerprint density at radius 2 is 1.89 bits per heavy atom. The summed E-state index contributed by atoms with van der Waals surface area (Å²) < 4.78 is 1.95. The Labute approximate surface area is 168 Å². The molecule has 6 heteroatoms. The first-order valence-corrected chi connectivity index (χ1v) is 10.7. The van der Waals surface area contributed by atoms with Crippen molar-refractivity contribution in [2.75, 3.05) is 12.0 Å². The number of benzene rings is 2. The van der Waals surface area contributed by atoms with E-state index < -0.39 is 0 Å². The summed E-state index contributed by atoms with van der Waals surface area (Å²) in [5.41, 5.74) is 1.82. The molecular formula is C22H22N4OS. The zero-order chi connectivity index (χ0) is 19.3. The third kappa shape index (κ3) is 3.87. The standard InChI is InChI=1S/C22H22N4OS/c1-28-14-12-19(22-25-24-20-11-4-5-13-26(20)22)23-21(27)15-17-9-6-8-16-7-2-3-10-18(16)17/h2-11,13,19H,12,14-15H2,1H3,(H,23,27). The van der Waals surface area contributed by atoms with Gasteiger partial charge in [0.05, 0.1) is 12.5 Å². The van der Waals surface area contributed by atoms with E-state index in [1.54, 1.807) is 11.8 Å². The van der Waals surface area contributed by atoms with Crippen LogP contribution < -0.4 is 5.32 Å². The van der Waals surface area contributed by atoms with Gasteiger partial charge in [-0.15, -0.1) is 10.2 Å². The molecule has 1 atom stereocenters. The van der Waals surface area contributed by atoms with Crippen molar-refractivity contribution >= 4 is 34.1 Å². The SMILES string of the molecule is CSCCC(NC(=O)Cc1cccc2ccccc12)c1nnc2ccccn12. The molecule has 5 nitrogen and oxygen atoms in total. The fourth-order valence-corrected chi connectivity index (χ4v) is 3.94. The molecule has 0 bridgehead atoms. The molecule has 0 saturated carbocycles. The number of thioether (sulfide) groups is 1. The van der Waals surface area contributed by atoms with Crippen molar-refractivity contribution in [2.45, 2.75) is 18.9 Å². The van der Waals surface area contributed by atoms with E-state index in [-0.39, 0.29) is 11.9 Å². The number of aromatic nitrogens is 3. The highest BCUT2D eigenvalue weighted by Crippen LogP contribution is 2.21. The summed E-state index contributed by atoms with van der Waals surface area (Å²) in [5.74, 6) is 1.70. The zero-order valence-corrected chi connectivity index (χ0v) is 16.5. The van der Waals surface area contributed by atoms with Crippen molar-refractivity contribution in [3.63, 3.8) is 0 Å². The highest BCUT2D eigenvalue weighted by molar-refractivity contribution is 7.98. The van der Waals surface area contributed by atoms with Gasteiger partial charge in [-0.25, -0.2) is 0 Å². The van der Waals surface area contributed by atoms with Crippen LogP contribution in [0.3, 0.4) is 0 Å². The number of hydrogen-bond donors (Lipinski definition) is 1. The summed E-state index contributed by atoms with van der Waals surface area (Å²) in [6, 6.07) is 19.9. The molecule has 2 aromatic carbocycles. The van der Waals surface area contributed by atoms with Gasteiger partial charge in [-0.2, -0.15) is 11.8 Å². The average Bonchev–Trinajstić information content (AvgIpc) is 3.15. The Morgan fingerprint density at radius 1 is 1.07 bits per heavy atom. The van der Waals surface area contributed by atoms with Crippen LogP contribution in [0.25, 0.3) is 16.4 Å². The number of pyridine rings is 1. The van der Waals surface area contributed by atoms with Crippen molar-refractivity contribution in [1.29, 1.82) is 0 Å². The minimum Gasteiger partial charge on any atom is -0.346 e. The smallest absolute Gasteiger partial charge is 0.225 e. The number of amides is 1.